The Morgan fingerprint density at radius 2 is 2.22 bits per heavy atom. The molecule has 2 rings (SSSR count). The fourth-order valence-corrected chi connectivity index (χ4v) is 2.62. The van der Waals surface area contributed by atoms with Crippen LogP contribution in [-0.2, 0) is 0 Å². The number of nitrogens with zero attached hydrogens (tertiary/aromatic N) is 1. The predicted molar refractivity (Wildman–Crippen MR) is 74.5 cm³/mol. The molecule has 1 saturated heterocycles. The van der Waals surface area contributed by atoms with E-state index in [9.17, 15) is 4.39 Å². The molecule has 1 aliphatic rings. The van der Waals surface area contributed by atoms with E-state index in [1.54, 1.807) is 6.07 Å². The molecule has 1 heterocycles. The smallest absolute Gasteiger partial charge is 0.146 e. The summed E-state index contributed by atoms with van der Waals surface area (Å²) >= 11 is 0. The molecule has 0 aromatic heterocycles. The monoisotopic (exact) mass is 250 g/mol. The zero-order valence-electron chi connectivity index (χ0n) is 11.5. The van der Waals surface area contributed by atoms with Gasteiger partial charge >= 0.3 is 0 Å². The number of hydrogen-bond donors (Lipinski definition) is 1. The second-order valence-electron chi connectivity index (χ2n) is 5.41. The first-order valence-electron chi connectivity index (χ1n) is 6.83. The van der Waals surface area contributed by atoms with Crippen LogP contribution in [0.1, 0.15) is 38.3 Å². The normalized spacial score (nSPS) is 22.0. The Kier molecular flexibility index (Phi) is 4.23. The van der Waals surface area contributed by atoms with Gasteiger partial charge < -0.3 is 10.2 Å². The first kappa shape index (κ1) is 13.3. The number of nitrogens with one attached hydrogen (secondary N) is 1. The van der Waals surface area contributed by atoms with Gasteiger partial charge in [0.2, 0.25) is 0 Å². The van der Waals surface area contributed by atoms with Gasteiger partial charge in [-0.2, -0.15) is 0 Å². The van der Waals surface area contributed by atoms with Gasteiger partial charge in [0, 0.05) is 19.1 Å². The zero-order valence-corrected chi connectivity index (χ0v) is 11.5. The standard InChI is InChI=1S/C15H23FN2/c1-11-5-4-8-18(10-11)15-7-6-13(9-14(15)16)12(2)17-3/h6-7,9,11-12,17H,4-5,8,10H2,1-3H3/t11-,12+/m1/s1. The molecule has 18 heavy (non-hydrogen) atoms. The van der Waals surface area contributed by atoms with E-state index in [0.717, 1.165) is 30.8 Å². The maximum Gasteiger partial charge on any atom is 0.146 e. The number of halogens is 1. The van der Waals surface area contributed by atoms with Gasteiger partial charge in [-0.25, -0.2) is 4.39 Å². The molecule has 0 spiro atoms. The SMILES string of the molecule is CN[C@@H](C)c1ccc(N2CCC[C@@H](C)C2)c(F)c1. The van der Waals surface area contributed by atoms with E-state index in [2.05, 4.69) is 17.1 Å². The summed E-state index contributed by atoms with van der Waals surface area (Å²) < 4.78 is 14.2. The fourth-order valence-electron chi connectivity index (χ4n) is 2.62. The summed E-state index contributed by atoms with van der Waals surface area (Å²) in [5, 5.41) is 3.13. The topological polar surface area (TPSA) is 15.3 Å². The minimum atomic E-state index is -0.0938. The molecule has 100 valence electrons. The number of anilines is 1. The summed E-state index contributed by atoms with van der Waals surface area (Å²) in [6.07, 6.45) is 2.42. The molecule has 0 bridgehead atoms. The second-order valence-corrected chi connectivity index (χ2v) is 5.41. The molecule has 1 N–H and O–H groups in total. The number of hydrogen-bond acceptors (Lipinski definition) is 2. The lowest BCUT2D eigenvalue weighted by Gasteiger charge is -2.33. The van der Waals surface area contributed by atoms with Crippen molar-refractivity contribution < 1.29 is 4.39 Å². The summed E-state index contributed by atoms with van der Waals surface area (Å²) in [5.41, 5.74) is 1.76. The van der Waals surface area contributed by atoms with Gasteiger partial charge in [-0.05, 0) is 50.4 Å². The van der Waals surface area contributed by atoms with Crippen LogP contribution in [0.3, 0.4) is 0 Å². The van der Waals surface area contributed by atoms with Crippen LogP contribution in [0, 0.1) is 11.7 Å². The summed E-state index contributed by atoms with van der Waals surface area (Å²) in [5.74, 6) is 0.567. The third-order valence-corrected chi connectivity index (χ3v) is 3.90. The first-order valence-corrected chi connectivity index (χ1v) is 6.83. The van der Waals surface area contributed by atoms with Crippen LogP contribution >= 0.6 is 0 Å². The summed E-state index contributed by atoms with van der Waals surface area (Å²) in [6, 6.07) is 5.80. The molecule has 1 fully saturated rings. The molecule has 2 atom stereocenters. The number of piperidine rings is 1. The molecule has 0 aliphatic carbocycles. The largest absolute Gasteiger partial charge is 0.369 e. The molecule has 0 unspecified atom stereocenters. The van der Waals surface area contributed by atoms with Gasteiger partial charge in [-0.3, -0.25) is 0 Å². The van der Waals surface area contributed by atoms with Crippen LogP contribution in [0.5, 0.6) is 0 Å². The van der Waals surface area contributed by atoms with Crippen LogP contribution in [-0.4, -0.2) is 20.1 Å². The Morgan fingerprint density at radius 1 is 1.44 bits per heavy atom. The molecular formula is C15H23FN2. The van der Waals surface area contributed by atoms with Crippen LogP contribution in [0.15, 0.2) is 18.2 Å². The van der Waals surface area contributed by atoms with E-state index in [1.807, 2.05) is 26.1 Å². The van der Waals surface area contributed by atoms with E-state index in [1.165, 1.54) is 6.42 Å². The van der Waals surface area contributed by atoms with E-state index in [0.29, 0.717) is 5.92 Å². The van der Waals surface area contributed by atoms with Crippen molar-refractivity contribution >= 4 is 5.69 Å². The van der Waals surface area contributed by atoms with Crippen molar-refractivity contribution in [3.63, 3.8) is 0 Å². The van der Waals surface area contributed by atoms with Gasteiger partial charge in [-0.15, -0.1) is 0 Å². The van der Waals surface area contributed by atoms with Gasteiger partial charge in [0.1, 0.15) is 5.82 Å². The lowest BCUT2D eigenvalue weighted by atomic mass is 9.99. The minimum absolute atomic E-state index is 0.0938. The Bertz CT molecular complexity index is 405. The summed E-state index contributed by atoms with van der Waals surface area (Å²) in [7, 11) is 1.89. The molecule has 1 aromatic carbocycles. The third-order valence-electron chi connectivity index (χ3n) is 3.90. The molecule has 3 heteroatoms. The van der Waals surface area contributed by atoms with Crippen molar-refractivity contribution in [2.45, 2.75) is 32.7 Å². The maximum atomic E-state index is 14.2. The molecule has 2 nitrogen and oxygen atoms in total. The first-order chi connectivity index (χ1) is 8.61. The summed E-state index contributed by atoms with van der Waals surface area (Å²) in [6.45, 7) is 6.22. The molecule has 1 aromatic rings. The highest BCUT2D eigenvalue weighted by Crippen LogP contribution is 2.27. The van der Waals surface area contributed by atoms with Crippen molar-refractivity contribution in [1.29, 1.82) is 0 Å². The number of benzene rings is 1. The van der Waals surface area contributed by atoms with E-state index < -0.39 is 0 Å². The van der Waals surface area contributed by atoms with Crippen LogP contribution < -0.4 is 10.2 Å². The highest BCUT2D eigenvalue weighted by Gasteiger charge is 2.19. The lowest BCUT2D eigenvalue weighted by molar-refractivity contribution is 0.442. The second kappa shape index (κ2) is 5.70. The van der Waals surface area contributed by atoms with Crippen molar-refractivity contribution in [2.24, 2.45) is 5.92 Å². The van der Waals surface area contributed by atoms with Gasteiger partial charge in [0.25, 0.3) is 0 Å². The average Bonchev–Trinajstić information content (AvgIpc) is 2.37. The van der Waals surface area contributed by atoms with Crippen LogP contribution in [0.4, 0.5) is 10.1 Å². The van der Waals surface area contributed by atoms with Gasteiger partial charge in [0.15, 0.2) is 0 Å². The average molecular weight is 250 g/mol. The number of rotatable bonds is 3. The van der Waals surface area contributed by atoms with Crippen molar-refractivity contribution in [3.8, 4) is 0 Å². The van der Waals surface area contributed by atoms with E-state index >= 15 is 0 Å². The quantitative estimate of drug-likeness (QED) is 0.885. The highest BCUT2D eigenvalue weighted by molar-refractivity contribution is 5.50. The van der Waals surface area contributed by atoms with Crippen molar-refractivity contribution in [3.05, 3.63) is 29.6 Å². The highest BCUT2D eigenvalue weighted by atomic mass is 19.1. The van der Waals surface area contributed by atoms with Gasteiger partial charge in [0.05, 0.1) is 5.69 Å². The molecule has 0 saturated carbocycles. The summed E-state index contributed by atoms with van der Waals surface area (Å²) in [4.78, 5) is 2.18. The predicted octanol–water partition coefficient (Wildman–Crippen LogP) is 3.34. The minimum Gasteiger partial charge on any atom is -0.369 e. The van der Waals surface area contributed by atoms with Crippen molar-refractivity contribution in [2.75, 3.05) is 25.0 Å². The van der Waals surface area contributed by atoms with Crippen molar-refractivity contribution in [1.82, 2.24) is 5.32 Å². The Morgan fingerprint density at radius 3 is 2.83 bits per heavy atom. The zero-order chi connectivity index (χ0) is 13.1. The molecular weight excluding hydrogens is 227 g/mol. The maximum absolute atomic E-state index is 14.2. The molecule has 1 aliphatic heterocycles. The molecule has 0 radical (unpaired) electrons. The van der Waals surface area contributed by atoms with E-state index in [4.69, 9.17) is 0 Å². The Labute approximate surface area is 109 Å². The Hall–Kier alpha value is -1.09. The lowest BCUT2D eigenvalue weighted by Crippen LogP contribution is -2.34. The fraction of sp³-hybridized carbons (Fsp3) is 0.600. The van der Waals surface area contributed by atoms with Crippen LogP contribution in [0.2, 0.25) is 0 Å². The Balaban J connectivity index is 2.19. The van der Waals surface area contributed by atoms with E-state index in [-0.39, 0.29) is 11.9 Å². The van der Waals surface area contributed by atoms with Gasteiger partial charge in [-0.1, -0.05) is 13.0 Å². The third kappa shape index (κ3) is 2.83. The van der Waals surface area contributed by atoms with Crippen LogP contribution in [0.25, 0.3) is 0 Å². The molecule has 0 amide bonds.